The second kappa shape index (κ2) is 11.6. The molecule has 0 aliphatic rings. The maximum atomic E-state index is 13.0. The van der Waals surface area contributed by atoms with E-state index in [2.05, 4.69) is 35.2 Å². The molecule has 0 aliphatic heterocycles. The molecule has 4 nitrogen and oxygen atoms in total. The molecule has 5 rings (SSSR count). The van der Waals surface area contributed by atoms with Gasteiger partial charge in [0.05, 0.1) is 12.8 Å². The molecule has 2 atom stereocenters. The van der Waals surface area contributed by atoms with E-state index in [0.717, 1.165) is 38.7 Å². The van der Waals surface area contributed by atoms with Crippen molar-refractivity contribution in [3.8, 4) is 17.1 Å². The van der Waals surface area contributed by atoms with Gasteiger partial charge in [-0.25, -0.2) is 4.98 Å². The van der Waals surface area contributed by atoms with Gasteiger partial charge in [0.15, 0.2) is 0 Å². The van der Waals surface area contributed by atoms with Crippen LogP contribution in [0.3, 0.4) is 0 Å². The summed E-state index contributed by atoms with van der Waals surface area (Å²) in [6.45, 7) is 0.694. The molecule has 0 bridgehead atoms. The molecule has 5 aromatic rings. The van der Waals surface area contributed by atoms with Crippen molar-refractivity contribution in [3.63, 3.8) is 0 Å². The highest BCUT2D eigenvalue weighted by Gasteiger charge is 2.43. The molecule has 39 heavy (non-hydrogen) atoms. The van der Waals surface area contributed by atoms with Crippen LogP contribution in [-0.4, -0.2) is 42.7 Å². The fourth-order valence-corrected chi connectivity index (χ4v) is 5.62. The van der Waals surface area contributed by atoms with Gasteiger partial charge in [0, 0.05) is 28.6 Å². The van der Waals surface area contributed by atoms with Crippen LogP contribution >= 0.6 is 11.6 Å². The lowest BCUT2D eigenvalue weighted by Gasteiger charge is -2.39. The summed E-state index contributed by atoms with van der Waals surface area (Å²) in [5, 5.41) is 15.8. The first kappa shape index (κ1) is 26.9. The molecule has 0 aliphatic carbocycles. The average molecular weight is 537 g/mol. The number of halogens is 1. The quantitative estimate of drug-likeness (QED) is 0.211. The lowest BCUT2D eigenvalue weighted by molar-refractivity contribution is 0.00516. The first-order valence-electron chi connectivity index (χ1n) is 13.1. The topological polar surface area (TPSA) is 45.6 Å². The van der Waals surface area contributed by atoms with Gasteiger partial charge in [0.25, 0.3) is 0 Å². The minimum atomic E-state index is -1.26. The third kappa shape index (κ3) is 5.55. The van der Waals surface area contributed by atoms with Gasteiger partial charge in [-0.3, -0.25) is 0 Å². The maximum absolute atomic E-state index is 13.0. The minimum absolute atomic E-state index is 0.444. The third-order valence-electron chi connectivity index (χ3n) is 7.32. The van der Waals surface area contributed by atoms with Crippen molar-refractivity contribution in [1.29, 1.82) is 0 Å². The van der Waals surface area contributed by atoms with Gasteiger partial charge in [-0.15, -0.1) is 0 Å². The van der Waals surface area contributed by atoms with Crippen molar-refractivity contribution in [1.82, 2.24) is 9.88 Å². The number of ether oxygens (including phenoxy) is 1. The fourth-order valence-electron chi connectivity index (χ4n) is 5.43. The van der Waals surface area contributed by atoms with E-state index in [4.69, 9.17) is 21.3 Å². The first-order valence-corrected chi connectivity index (χ1v) is 13.5. The number of pyridine rings is 1. The molecular formula is C34H33ClN2O2. The average Bonchev–Trinajstić information content (AvgIpc) is 2.96. The molecule has 0 saturated heterocycles. The number of benzene rings is 4. The van der Waals surface area contributed by atoms with E-state index >= 15 is 0 Å². The maximum Gasteiger partial charge on any atom is 0.217 e. The molecule has 0 radical (unpaired) electrons. The van der Waals surface area contributed by atoms with Crippen molar-refractivity contribution in [2.45, 2.75) is 17.9 Å². The van der Waals surface area contributed by atoms with Gasteiger partial charge in [-0.1, -0.05) is 103 Å². The third-order valence-corrected chi connectivity index (χ3v) is 7.56. The van der Waals surface area contributed by atoms with Crippen molar-refractivity contribution in [3.05, 3.63) is 131 Å². The first-order chi connectivity index (χ1) is 18.9. The molecule has 5 heteroatoms. The van der Waals surface area contributed by atoms with E-state index in [0.29, 0.717) is 23.9 Å². The second-order valence-electron chi connectivity index (χ2n) is 10.2. The molecule has 4 aromatic carbocycles. The molecule has 0 saturated carbocycles. The zero-order valence-corrected chi connectivity index (χ0v) is 23.3. The number of aliphatic hydroxyl groups is 1. The van der Waals surface area contributed by atoms with Gasteiger partial charge in [0.1, 0.15) is 5.60 Å². The molecule has 0 fully saturated rings. The Balaban J connectivity index is 1.76. The van der Waals surface area contributed by atoms with Crippen molar-refractivity contribution in [2.75, 3.05) is 27.7 Å². The normalized spacial score (nSPS) is 13.8. The Labute approximate surface area is 235 Å². The molecule has 1 aromatic heterocycles. The largest absolute Gasteiger partial charge is 0.481 e. The number of methoxy groups -OCH3 is 1. The Hall–Kier alpha value is -3.70. The summed E-state index contributed by atoms with van der Waals surface area (Å²) < 4.78 is 5.92. The number of rotatable bonds is 9. The second-order valence-corrected chi connectivity index (χ2v) is 10.6. The van der Waals surface area contributed by atoms with Gasteiger partial charge in [0.2, 0.25) is 5.88 Å². The molecule has 1 heterocycles. The number of hydrogen-bond donors (Lipinski definition) is 1. The molecule has 0 unspecified atom stereocenters. The van der Waals surface area contributed by atoms with E-state index in [9.17, 15) is 5.11 Å². The smallest absolute Gasteiger partial charge is 0.217 e. The van der Waals surface area contributed by atoms with Crippen LogP contribution in [0.4, 0.5) is 0 Å². The van der Waals surface area contributed by atoms with Crippen LogP contribution in [0.1, 0.15) is 29.0 Å². The van der Waals surface area contributed by atoms with Gasteiger partial charge < -0.3 is 14.7 Å². The number of nitrogens with zero attached hydrogens (tertiary/aromatic N) is 2. The minimum Gasteiger partial charge on any atom is -0.481 e. The molecule has 0 spiro atoms. The van der Waals surface area contributed by atoms with Gasteiger partial charge >= 0.3 is 0 Å². The highest BCUT2D eigenvalue weighted by Crippen LogP contribution is 2.48. The van der Waals surface area contributed by atoms with E-state index in [-0.39, 0.29) is 0 Å². The van der Waals surface area contributed by atoms with Crippen LogP contribution < -0.4 is 4.74 Å². The SMILES string of the molecule is COc1nc(-c2cccc(Cl)c2)ccc1[C@@H](c1ccccc1)[C@@](O)(CCN(C)C)c1cccc2ccccc12. The standard InChI is InChI=1S/C34H33ClN2O2/c1-37(2)22-21-34(38,30-18-10-14-24-11-7-8-17-28(24)30)32(25-12-5-4-6-13-25)29-19-20-31(36-33(29)39-3)26-15-9-16-27(35)23-26/h4-20,23,32,38H,21-22H2,1-3H3/t32-,34-/m1/s1. The van der Waals surface area contributed by atoms with Crippen LogP contribution in [0.15, 0.2) is 109 Å². The summed E-state index contributed by atoms with van der Waals surface area (Å²) in [6, 6.07) is 36.2. The predicted octanol–water partition coefficient (Wildman–Crippen LogP) is 7.54. The van der Waals surface area contributed by atoms with Crippen LogP contribution in [0.25, 0.3) is 22.0 Å². The van der Waals surface area contributed by atoms with Crippen LogP contribution in [0.5, 0.6) is 5.88 Å². The summed E-state index contributed by atoms with van der Waals surface area (Å²) in [5.41, 5.74) is 3.09. The number of aromatic nitrogens is 1. The molecule has 1 N–H and O–H groups in total. The van der Waals surface area contributed by atoms with E-state index in [1.807, 2.05) is 93.0 Å². The highest BCUT2D eigenvalue weighted by molar-refractivity contribution is 6.30. The van der Waals surface area contributed by atoms with Crippen molar-refractivity contribution >= 4 is 22.4 Å². The zero-order chi connectivity index (χ0) is 27.4. The monoisotopic (exact) mass is 536 g/mol. The summed E-state index contributed by atoms with van der Waals surface area (Å²) in [5.74, 6) is 0.0326. The van der Waals surface area contributed by atoms with Crippen LogP contribution in [0, 0.1) is 0 Å². The van der Waals surface area contributed by atoms with E-state index < -0.39 is 11.5 Å². The predicted molar refractivity (Wildman–Crippen MR) is 161 cm³/mol. The lowest BCUT2D eigenvalue weighted by Crippen LogP contribution is -2.38. The van der Waals surface area contributed by atoms with Crippen LogP contribution in [-0.2, 0) is 5.60 Å². The summed E-state index contributed by atoms with van der Waals surface area (Å²) in [6.07, 6.45) is 0.507. The van der Waals surface area contributed by atoms with Gasteiger partial charge in [-0.2, -0.15) is 0 Å². The lowest BCUT2D eigenvalue weighted by atomic mass is 9.70. The highest BCUT2D eigenvalue weighted by atomic mass is 35.5. The van der Waals surface area contributed by atoms with Crippen LogP contribution in [0.2, 0.25) is 5.02 Å². The Bertz CT molecular complexity index is 1570. The van der Waals surface area contributed by atoms with E-state index in [1.54, 1.807) is 7.11 Å². The Morgan fingerprint density at radius 1 is 0.872 bits per heavy atom. The zero-order valence-electron chi connectivity index (χ0n) is 22.5. The molecule has 198 valence electrons. The Morgan fingerprint density at radius 2 is 1.59 bits per heavy atom. The number of hydrogen-bond acceptors (Lipinski definition) is 4. The van der Waals surface area contributed by atoms with E-state index in [1.165, 1.54) is 0 Å². The van der Waals surface area contributed by atoms with Gasteiger partial charge in [-0.05, 0) is 60.6 Å². The Kier molecular flexibility index (Phi) is 7.99. The fraction of sp³-hybridized carbons (Fsp3) is 0.206. The molecular weight excluding hydrogens is 504 g/mol. The van der Waals surface area contributed by atoms with Crippen molar-refractivity contribution < 1.29 is 9.84 Å². The summed E-state index contributed by atoms with van der Waals surface area (Å²) >= 11 is 6.27. The molecule has 0 amide bonds. The summed E-state index contributed by atoms with van der Waals surface area (Å²) in [4.78, 5) is 7.02. The Morgan fingerprint density at radius 3 is 2.33 bits per heavy atom. The van der Waals surface area contributed by atoms with Crippen molar-refractivity contribution in [2.24, 2.45) is 0 Å². The summed E-state index contributed by atoms with van der Waals surface area (Å²) in [7, 11) is 5.69. The number of fused-ring (bicyclic) bond motifs is 1.